The maximum atomic E-state index is 12.8. The molecule has 0 spiro atoms. The minimum atomic E-state index is -0.370. The van der Waals surface area contributed by atoms with Crippen molar-refractivity contribution < 1.29 is 9.53 Å². The summed E-state index contributed by atoms with van der Waals surface area (Å²) < 4.78 is 8.67. The van der Waals surface area contributed by atoms with E-state index < -0.39 is 0 Å². The van der Waals surface area contributed by atoms with Gasteiger partial charge in [0.15, 0.2) is 5.65 Å². The van der Waals surface area contributed by atoms with Gasteiger partial charge in [-0.3, -0.25) is 4.79 Å². The topological polar surface area (TPSA) is 99.8 Å². The molecule has 36 heavy (non-hydrogen) atoms. The Kier molecular flexibility index (Phi) is 6.58. The molecule has 0 atom stereocenters. The van der Waals surface area contributed by atoms with Gasteiger partial charge in [-0.05, 0) is 48.9 Å². The summed E-state index contributed by atoms with van der Waals surface area (Å²) in [6.45, 7) is 2.76. The van der Waals surface area contributed by atoms with Crippen LogP contribution in [-0.4, -0.2) is 42.8 Å². The fourth-order valence-corrected chi connectivity index (χ4v) is 4.32. The van der Waals surface area contributed by atoms with Crippen LogP contribution in [-0.2, 0) is 13.1 Å². The minimum Gasteiger partial charge on any atom is -0.497 e. The Morgan fingerprint density at radius 2 is 1.81 bits per heavy atom. The first kappa shape index (κ1) is 23.8. The van der Waals surface area contributed by atoms with Crippen LogP contribution >= 0.6 is 23.2 Å². The lowest BCUT2D eigenvalue weighted by Crippen LogP contribution is -2.13. The number of anilines is 1. The number of amides is 1. The van der Waals surface area contributed by atoms with Crippen LogP contribution in [0.15, 0.2) is 60.9 Å². The van der Waals surface area contributed by atoms with Crippen LogP contribution in [0.5, 0.6) is 5.75 Å². The Hall–Kier alpha value is -3.95. The van der Waals surface area contributed by atoms with Crippen LogP contribution in [0.2, 0.25) is 10.0 Å². The maximum absolute atomic E-state index is 12.8. The first-order valence-electron chi connectivity index (χ1n) is 11.0. The maximum Gasteiger partial charge on any atom is 0.258 e. The molecule has 3 aromatic heterocycles. The number of carbonyl (C=O) groups excluding carboxylic acids is 1. The van der Waals surface area contributed by atoms with Crippen LogP contribution in [0, 0.1) is 6.92 Å². The number of pyridine rings is 1. The third kappa shape index (κ3) is 4.89. The molecule has 11 heteroatoms. The lowest BCUT2D eigenvalue weighted by Gasteiger charge is -2.08. The van der Waals surface area contributed by atoms with Gasteiger partial charge in [-0.1, -0.05) is 40.5 Å². The molecule has 9 nitrogen and oxygen atoms in total. The molecule has 0 aliphatic rings. The zero-order chi connectivity index (χ0) is 25.2. The van der Waals surface area contributed by atoms with Crippen molar-refractivity contribution in [2.45, 2.75) is 20.0 Å². The van der Waals surface area contributed by atoms with Gasteiger partial charge in [-0.2, -0.15) is 5.10 Å². The van der Waals surface area contributed by atoms with Crippen LogP contribution in [0.3, 0.4) is 0 Å². The highest BCUT2D eigenvalue weighted by atomic mass is 35.5. The van der Waals surface area contributed by atoms with Crippen molar-refractivity contribution in [3.63, 3.8) is 0 Å². The van der Waals surface area contributed by atoms with E-state index in [9.17, 15) is 4.79 Å². The quantitative estimate of drug-likeness (QED) is 0.323. The summed E-state index contributed by atoms with van der Waals surface area (Å²) in [6, 6.07) is 14.6. The number of nitrogens with zero attached hydrogens (tertiary/aromatic N) is 6. The molecule has 0 radical (unpaired) electrons. The van der Waals surface area contributed by atoms with E-state index in [1.165, 1.54) is 6.20 Å². The average Bonchev–Trinajstić information content (AvgIpc) is 3.45. The van der Waals surface area contributed by atoms with Crippen LogP contribution in [0.25, 0.3) is 11.0 Å². The Morgan fingerprint density at radius 1 is 1.06 bits per heavy atom. The third-order valence-electron chi connectivity index (χ3n) is 5.62. The second-order valence-electron chi connectivity index (χ2n) is 8.14. The normalized spacial score (nSPS) is 11.1. The molecule has 1 amide bonds. The predicted molar refractivity (Wildman–Crippen MR) is 138 cm³/mol. The number of ether oxygens (including phenoxy) is 1. The highest BCUT2D eigenvalue weighted by Gasteiger charge is 2.20. The molecule has 0 saturated carbocycles. The van der Waals surface area contributed by atoms with Crippen molar-refractivity contribution in [3.8, 4) is 5.75 Å². The minimum absolute atomic E-state index is 0.257. The molecule has 0 unspecified atom stereocenters. The number of aromatic nitrogens is 6. The van der Waals surface area contributed by atoms with Gasteiger partial charge in [0.2, 0.25) is 0 Å². The van der Waals surface area contributed by atoms with Gasteiger partial charge < -0.3 is 10.1 Å². The van der Waals surface area contributed by atoms with Crippen molar-refractivity contribution in [2.75, 3.05) is 12.4 Å². The third-order valence-corrected chi connectivity index (χ3v) is 6.27. The van der Waals surface area contributed by atoms with E-state index in [1.54, 1.807) is 40.7 Å². The number of benzene rings is 2. The van der Waals surface area contributed by atoms with E-state index in [0.29, 0.717) is 45.5 Å². The number of aryl methyl sites for hydroxylation is 1. The van der Waals surface area contributed by atoms with Gasteiger partial charge in [0.1, 0.15) is 11.4 Å². The summed E-state index contributed by atoms with van der Waals surface area (Å²) in [5, 5.41) is 17.4. The van der Waals surface area contributed by atoms with Crippen LogP contribution in [0.1, 0.15) is 27.3 Å². The molecule has 1 N–H and O–H groups in total. The first-order chi connectivity index (χ1) is 17.4. The highest BCUT2D eigenvalue weighted by molar-refractivity contribution is 6.39. The van der Waals surface area contributed by atoms with E-state index >= 15 is 0 Å². The summed E-state index contributed by atoms with van der Waals surface area (Å²) in [7, 11) is 1.64. The number of halogens is 2. The van der Waals surface area contributed by atoms with Crippen molar-refractivity contribution in [1.82, 2.24) is 29.8 Å². The molecular formula is C25H21Cl2N7O2. The summed E-state index contributed by atoms with van der Waals surface area (Å²) in [6.07, 6.45) is 3.32. The van der Waals surface area contributed by atoms with Gasteiger partial charge in [0, 0.05) is 16.9 Å². The standard InChI is InChI=1S/C25H21Cl2N7O2/c1-15-22-23(27)21(25(35)29-18-7-5-17(26)6-8-18)11-28-24(22)34(31-15)14-19-13-33(32-30-19)12-16-3-9-20(36-2)10-4-16/h3-11,13H,12,14H2,1-2H3,(H,29,35). The monoisotopic (exact) mass is 521 g/mol. The zero-order valence-corrected chi connectivity index (χ0v) is 21.0. The van der Waals surface area contributed by atoms with E-state index in [2.05, 4.69) is 25.7 Å². The molecule has 0 bridgehead atoms. The summed E-state index contributed by atoms with van der Waals surface area (Å²) in [5.74, 6) is 0.432. The summed E-state index contributed by atoms with van der Waals surface area (Å²) in [5.41, 5.74) is 3.87. The molecule has 3 heterocycles. The molecule has 5 rings (SSSR count). The Morgan fingerprint density at radius 3 is 2.53 bits per heavy atom. The molecule has 5 aromatic rings. The first-order valence-corrected chi connectivity index (χ1v) is 11.8. The van der Waals surface area contributed by atoms with Gasteiger partial charge in [-0.25, -0.2) is 14.3 Å². The number of fused-ring (bicyclic) bond motifs is 1. The lowest BCUT2D eigenvalue weighted by molar-refractivity contribution is 0.102. The fraction of sp³-hybridized carbons (Fsp3) is 0.160. The van der Waals surface area contributed by atoms with Crippen LogP contribution in [0.4, 0.5) is 5.69 Å². The predicted octanol–water partition coefficient (Wildman–Crippen LogP) is 5.00. The highest BCUT2D eigenvalue weighted by Crippen LogP contribution is 2.29. The molecular weight excluding hydrogens is 501 g/mol. The van der Waals surface area contributed by atoms with Crippen molar-refractivity contribution in [2.24, 2.45) is 0 Å². The number of rotatable bonds is 7. The van der Waals surface area contributed by atoms with Crippen molar-refractivity contribution in [3.05, 3.63) is 93.5 Å². The summed E-state index contributed by atoms with van der Waals surface area (Å²) in [4.78, 5) is 17.3. The van der Waals surface area contributed by atoms with Gasteiger partial charge in [-0.15, -0.1) is 5.10 Å². The second-order valence-corrected chi connectivity index (χ2v) is 8.96. The summed E-state index contributed by atoms with van der Waals surface area (Å²) >= 11 is 12.6. The molecule has 0 fully saturated rings. The SMILES string of the molecule is COc1ccc(Cn2cc(Cn3nc(C)c4c(Cl)c(C(=O)Nc5ccc(Cl)cc5)cnc43)nn2)cc1. The number of methoxy groups -OCH3 is 1. The fourth-order valence-electron chi connectivity index (χ4n) is 3.83. The van der Waals surface area contributed by atoms with Gasteiger partial charge in [0.25, 0.3) is 5.91 Å². The van der Waals surface area contributed by atoms with Crippen molar-refractivity contribution in [1.29, 1.82) is 0 Å². The number of hydrogen-bond donors (Lipinski definition) is 1. The lowest BCUT2D eigenvalue weighted by atomic mass is 10.2. The molecule has 2 aromatic carbocycles. The number of nitrogens with one attached hydrogen (secondary N) is 1. The largest absolute Gasteiger partial charge is 0.497 e. The molecule has 0 aliphatic carbocycles. The molecule has 182 valence electrons. The van der Waals surface area contributed by atoms with E-state index in [0.717, 1.165) is 17.0 Å². The molecule has 0 aliphatic heterocycles. The molecule has 0 saturated heterocycles. The smallest absolute Gasteiger partial charge is 0.258 e. The Bertz CT molecular complexity index is 1540. The van der Waals surface area contributed by atoms with Crippen LogP contribution < -0.4 is 10.1 Å². The van der Waals surface area contributed by atoms with Crippen molar-refractivity contribution >= 4 is 45.8 Å². The second kappa shape index (κ2) is 9.96. The average molecular weight is 522 g/mol. The van der Waals surface area contributed by atoms with E-state index in [1.807, 2.05) is 37.4 Å². The van der Waals surface area contributed by atoms with Gasteiger partial charge >= 0.3 is 0 Å². The van der Waals surface area contributed by atoms with Gasteiger partial charge in [0.05, 0.1) is 48.1 Å². The Labute approximate surface area is 216 Å². The Balaban J connectivity index is 1.35. The number of hydrogen-bond acceptors (Lipinski definition) is 6. The van der Waals surface area contributed by atoms with E-state index in [-0.39, 0.29) is 11.5 Å². The number of carbonyl (C=O) groups is 1. The van der Waals surface area contributed by atoms with E-state index in [4.69, 9.17) is 27.9 Å². The zero-order valence-electron chi connectivity index (χ0n) is 19.4.